The molecule has 0 saturated carbocycles. The molecule has 0 spiro atoms. The quantitative estimate of drug-likeness (QED) is 0.198. The van der Waals surface area contributed by atoms with Crippen LogP contribution >= 0.6 is 0 Å². The lowest BCUT2D eigenvalue weighted by Crippen LogP contribution is -2.44. The molecule has 2 saturated heterocycles. The number of nitrogens with one attached hydrogen (secondary N) is 1. The highest BCUT2D eigenvalue weighted by atomic mass is 19.1. The average Bonchev–Trinajstić information content (AvgIpc) is 3.64. The summed E-state index contributed by atoms with van der Waals surface area (Å²) in [5, 5.41) is 22.1. The van der Waals surface area contributed by atoms with Crippen molar-refractivity contribution in [1.29, 1.82) is 0 Å². The van der Waals surface area contributed by atoms with Crippen molar-refractivity contribution < 1.29 is 52.4 Å². The summed E-state index contributed by atoms with van der Waals surface area (Å²) >= 11 is 0. The molecule has 0 unspecified atom stereocenters. The van der Waals surface area contributed by atoms with Crippen LogP contribution in [-0.2, 0) is 13.1 Å². The van der Waals surface area contributed by atoms with E-state index in [2.05, 4.69) is 5.32 Å². The van der Waals surface area contributed by atoms with Crippen molar-refractivity contribution in [2.75, 3.05) is 47.5 Å². The van der Waals surface area contributed by atoms with Gasteiger partial charge in [-0.25, -0.2) is 13.6 Å². The van der Waals surface area contributed by atoms with E-state index in [4.69, 9.17) is 25.1 Å². The Morgan fingerprint density at radius 3 is 1.79 bits per heavy atom. The molecular formula is C43H48F2N6O11. The predicted molar refractivity (Wildman–Crippen MR) is 219 cm³/mol. The highest BCUT2D eigenvalue weighted by Crippen LogP contribution is 2.33. The number of aromatic carboxylic acids is 1. The molecule has 0 aliphatic carbocycles. The zero-order valence-corrected chi connectivity index (χ0v) is 34.4. The average molecular weight is 863 g/mol. The second-order valence-corrected chi connectivity index (χ2v) is 15.0. The lowest BCUT2D eigenvalue weighted by Gasteiger charge is -2.34. The van der Waals surface area contributed by atoms with Crippen molar-refractivity contribution in [3.8, 4) is 23.0 Å². The number of rotatable bonds is 8. The third kappa shape index (κ3) is 8.83. The normalized spacial score (nSPS) is 17.4. The Hall–Kier alpha value is -6.76. The van der Waals surface area contributed by atoms with E-state index in [1.54, 1.807) is 43.2 Å². The van der Waals surface area contributed by atoms with Crippen molar-refractivity contribution in [1.82, 2.24) is 24.3 Å². The number of hydrogen-bond acceptors (Lipinski definition) is 11. The highest BCUT2D eigenvalue weighted by Gasteiger charge is 2.38. The number of hydrogen-bond donors (Lipinski definition) is 4. The first kappa shape index (κ1) is 44.8. The minimum absolute atomic E-state index is 0.00667. The van der Waals surface area contributed by atoms with E-state index in [0.717, 1.165) is 38.5 Å². The van der Waals surface area contributed by atoms with Gasteiger partial charge in [0.25, 0.3) is 17.7 Å². The van der Waals surface area contributed by atoms with Crippen molar-refractivity contribution in [2.45, 2.75) is 63.7 Å². The lowest BCUT2D eigenvalue weighted by molar-refractivity contribution is 0.0658. The largest absolute Gasteiger partial charge is 0.503 e. The topological polar surface area (TPSA) is 225 Å². The fourth-order valence-electron chi connectivity index (χ4n) is 8.08. The molecule has 2 fully saturated rings. The van der Waals surface area contributed by atoms with Crippen LogP contribution in [0.25, 0.3) is 0 Å². The van der Waals surface area contributed by atoms with Gasteiger partial charge < -0.3 is 54.4 Å². The van der Waals surface area contributed by atoms with Crippen LogP contribution in [0.1, 0.15) is 103 Å². The number of methoxy groups -OCH3 is 3. The third-order valence-corrected chi connectivity index (χ3v) is 11.3. The summed E-state index contributed by atoms with van der Waals surface area (Å²) in [6.45, 7) is 2.30. The van der Waals surface area contributed by atoms with Gasteiger partial charge in [-0.05, 0) is 50.7 Å². The number of halogens is 2. The molecule has 19 heteroatoms. The summed E-state index contributed by atoms with van der Waals surface area (Å²) in [7, 11) is 4.05. The summed E-state index contributed by atoms with van der Waals surface area (Å²) in [6, 6.07) is 9.33. The maximum absolute atomic E-state index is 14.3. The standard InChI is InChI=1S/C21H22FN3O5.C14H16N2O5.C8H10FNO/c1-30-15-7-4-5-12(16(15)22)9-23-20(28)14-11-25-13-6-2-3-8-24(10-13)21(29)17(25)19(27)18(14)26;1-21-12-10-13(18)15-5-3-2-4-8(6-15)16(10)7-9(11(12)17)14(19)20;1-11-7-4-2-3-6(5-10)8(7)9/h4-5,7,11,13,27H,2-3,6,8-10H2,1H3,(H,23,28);7-8H,2-6H2,1H3,(H,19,20);2-4H,5,10H2,1H3/t13-;8-;/m00./s1. The van der Waals surface area contributed by atoms with Crippen molar-refractivity contribution >= 4 is 23.7 Å². The number of carboxylic acid groups (broad SMARTS) is 1. The zero-order valence-electron chi connectivity index (χ0n) is 34.4. The number of nitrogens with zero attached hydrogens (tertiary/aromatic N) is 4. The Morgan fingerprint density at radius 2 is 1.26 bits per heavy atom. The van der Waals surface area contributed by atoms with Crippen LogP contribution in [0, 0.1) is 11.6 Å². The van der Waals surface area contributed by atoms with Crippen LogP contribution in [-0.4, -0.2) is 100 Å². The number of benzene rings is 2. The summed E-state index contributed by atoms with van der Waals surface area (Å²) in [5.41, 5.74) is 3.73. The fraction of sp³-hybridized carbons (Fsp3) is 0.395. The van der Waals surface area contributed by atoms with Crippen LogP contribution in [0.4, 0.5) is 8.78 Å². The molecule has 4 aliphatic heterocycles. The summed E-state index contributed by atoms with van der Waals surface area (Å²) < 4.78 is 45.3. The minimum Gasteiger partial charge on any atom is -0.503 e. The minimum atomic E-state index is -1.31. The highest BCUT2D eigenvalue weighted by molar-refractivity contribution is 5.99. The van der Waals surface area contributed by atoms with Gasteiger partial charge in [0, 0.05) is 62.8 Å². The van der Waals surface area contributed by atoms with Crippen LogP contribution in [0.15, 0.2) is 58.4 Å². The van der Waals surface area contributed by atoms with Crippen LogP contribution in [0.5, 0.6) is 23.0 Å². The van der Waals surface area contributed by atoms with E-state index in [-0.39, 0.29) is 82.2 Å². The van der Waals surface area contributed by atoms with Crippen molar-refractivity contribution in [3.63, 3.8) is 0 Å². The molecular weight excluding hydrogens is 814 g/mol. The summed E-state index contributed by atoms with van der Waals surface area (Å²) in [6.07, 6.45) is 7.86. The van der Waals surface area contributed by atoms with Gasteiger partial charge in [0.05, 0.1) is 33.4 Å². The number of ether oxygens (including phenoxy) is 3. The number of nitrogens with two attached hydrogens (primary N) is 1. The van der Waals surface area contributed by atoms with Gasteiger partial charge >= 0.3 is 5.97 Å². The molecule has 8 rings (SSSR count). The van der Waals surface area contributed by atoms with E-state index in [9.17, 15) is 42.7 Å². The Balaban J connectivity index is 0.000000173. The second kappa shape index (κ2) is 19.3. The lowest BCUT2D eigenvalue weighted by atomic mass is 10.1. The fourth-order valence-corrected chi connectivity index (χ4v) is 8.08. The summed E-state index contributed by atoms with van der Waals surface area (Å²) in [5.74, 6) is -4.31. The number of carboxylic acids is 1. The number of aromatic hydroxyl groups is 1. The molecule has 5 N–H and O–H groups in total. The predicted octanol–water partition coefficient (Wildman–Crippen LogP) is 3.84. The van der Waals surface area contributed by atoms with Gasteiger partial charge in [0.15, 0.2) is 46.0 Å². The number of pyridine rings is 2. The van der Waals surface area contributed by atoms with Gasteiger partial charge in [-0.2, -0.15) is 0 Å². The van der Waals surface area contributed by atoms with Crippen LogP contribution < -0.4 is 36.1 Å². The smallest absolute Gasteiger partial charge is 0.341 e. The molecule has 4 bridgehead atoms. The van der Waals surface area contributed by atoms with Crippen molar-refractivity contribution in [3.05, 3.63) is 115 Å². The number of amides is 3. The molecule has 6 heterocycles. The van der Waals surface area contributed by atoms with E-state index >= 15 is 0 Å². The Kier molecular flexibility index (Phi) is 13.9. The molecule has 2 aromatic carbocycles. The Morgan fingerprint density at radius 1 is 0.742 bits per heavy atom. The first-order valence-corrected chi connectivity index (χ1v) is 20.0. The van der Waals surface area contributed by atoms with Gasteiger partial charge in [-0.15, -0.1) is 0 Å². The molecule has 330 valence electrons. The molecule has 3 amide bonds. The first-order valence-electron chi connectivity index (χ1n) is 20.0. The molecule has 2 atom stereocenters. The first-order chi connectivity index (χ1) is 29.8. The third-order valence-electron chi connectivity index (χ3n) is 11.3. The Bertz CT molecular complexity index is 2480. The van der Waals surface area contributed by atoms with Gasteiger partial charge in [0.2, 0.25) is 10.9 Å². The maximum atomic E-state index is 14.3. The number of carbonyl (C=O) groups excluding carboxylic acids is 3. The second-order valence-electron chi connectivity index (χ2n) is 15.0. The monoisotopic (exact) mass is 862 g/mol. The zero-order chi connectivity index (χ0) is 44.8. The van der Waals surface area contributed by atoms with Crippen molar-refractivity contribution in [2.24, 2.45) is 5.73 Å². The van der Waals surface area contributed by atoms with Crippen LogP contribution in [0.3, 0.4) is 0 Å². The van der Waals surface area contributed by atoms with Crippen LogP contribution in [0.2, 0.25) is 0 Å². The molecule has 62 heavy (non-hydrogen) atoms. The van der Waals surface area contributed by atoms with Gasteiger partial charge in [0.1, 0.15) is 11.1 Å². The van der Waals surface area contributed by atoms with Gasteiger partial charge in [-0.1, -0.05) is 24.3 Å². The molecule has 4 aliphatic rings. The van der Waals surface area contributed by atoms with E-state index < -0.39 is 40.2 Å². The van der Waals surface area contributed by atoms with E-state index in [0.29, 0.717) is 31.7 Å². The maximum Gasteiger partial charge on any atom is 0.341 e. The number of fused-ring (bicyclic) bond motifs is 8. The molecule has 17 nitrogen and oxygen atoms in total. The molecule has 0 radical (unpaired) electrons. The number of carbonyl (C=O) groups is 4. The SMILES string of the molecule is COc1c2n(cc(C(=O)O)c1=O)[C@H]1CCCCN(C1)C2=O.COc1cccc(CN)c1F.COc1cccc(CNC(=O)c2cn3c(c(O)c2=O)C(=O)N2CCCC[C@H]3C2)c1F. The molecule has 2 aromatic heterocycles. The summed E-state index contributed by atoms with van der Waals surface area (Å²) in [4.78, 5) is 77.3. The van der Waals surface area contributed by atoms with Gasteiger partial charge in [-0.3, -0.25) is 24.0 Å². The van der Waals surface area contributed by atoms with E-state index in [1.807, 2.05) is 0 Å². The number of aromatic nitrogens is 2. The molecule has 4 aromatic rings. The Labute approximate surface area is 354 Å². The van der Waals surface area contributed by atoms with E-state index in [1.165, 1.54) is 45.9 Å².